The Bertz CT molecular complexity index is 451. The van der Waals surface area contributed by atoms with E-state index in [1.54, 1.807) is 12.1 Å². The van der Waals surface area contributed by atoms with Gasteiger partial charge in [-0.2, -0.15) is 0 Å². The van der Waals surface area contributed by atoms with Gasteiger partial charge in [-0.1, -0.05) is 18.2 Å². The second-order valence-electron chi connectivity index (χ2n) is 5.26. The van der Waals surface area contributed by atoms with Crippen LogP contribution in [0.15, 0.2) is 24.3 Å². The van der Waals surface area contributed by atoms with Crippen molar-refractivity contribution in [3.05, 3.63) is 39.9 Å². The number of nitrogens with zero attached hydrogens (tertiary/aromatic N) is 2. The number of nitro groups is 1. The molecule has 0 aromatic heterocycles. The molecule has 2 aliphatic rings. The van der Waals surface area contributed by atoms with Crippen molar-refractivity contribution in [2.45, 2.75) is 6.54 Å². The molecule has 5 nitrogen and oxygen atoms in total. The van der Waals surface area contributed by atoms with Crippen molar-refractivity contribution < 1.29 is 4.92 Å². The van der Waals surface area contributed by atoms with Crippen molar-refractivity contribution in [1.82, 2.24) is 10.2 Å². The highest BCUT2D eigenvalue weighted by Gasteiger charge is 2.36. The highest BCUT2D eigenvalue weighted by atomic mass is 16.6. The fraction of sp³-hybridized carbons (Fsp3) is 0.538. The summed E-state index contributed by atoms with van der Waals surface area (Å²) in [5.74, 6) is 1.46. The lowest BCUT2D eigenvalue weighted by atomic mass is 10.0. The molecule has 0 saturated carbocycles. The third-order valence-electron chi connectivity index (χ3n) is 4.05. The lowest BCUT2D eigenvalue weighted by Gasteiger charge is -2.16. The van der Waals surface area contributed by atoms with Gasteiger partial charge in [0, 0.05) is 31.3 Å². The van der Waals surface area contributed by atoms with Gasteiger partial charge in [0.1, 0.15) is 0 Å². The Morgan fingerprint density at radius 3 is 2.61 bits per heavy atom. The molecule has 96 valence electrons. The minimum absolute atomic E-state index is 0.243. The van der Waals surface area contributed by atoms with E-state index in [-0.39, 0.29) is 10.6 Å². The molecule has 2 fully saturated rings. The Kier molecular flexibility index (Phi) is 3.01. The zero-order valence-corrected chi connectivity index (χ0v) is 10.2. The molecule has 5 heteroatoms. The van der Waals surface area contributed by atoms with Crippen LogP contribution in [0, 0.1) is 22.0 Å². The van der Waals surface area contributed by atoms with Gasteiger partial charge in [0.25, 0.3) is 5.69 Å². The Hall–Kier alpha value is -1.46. The molecule has 0 radical (unpaired) electrons. The molecule has 2 aliphatic heterocycles. The van der Waals surface area contributed by atoms with Crippen molar-refractivity contribution in [3.63, 3.8) is 0 Å². The van der Waals surface area contributed by atoms with Crippen molar-refractivity contribution >= 4 is 5.69 Å². The summed E-state index contributed by atoms with van der Waals surface area (Å²) in [6.07, 6.45) is 0. The van der Waals surface area contributed by atoms with E-state index in [2.05, 4.69) is 10.2 Å². The van der Waals surface area contributed by atoms with E-state index in [1.165, 1.54) is 0 Å². The predicted octanol–water partition coefficient (Wildman–Crippen LogP) is 1.25. The molecule has 3 rings (SSSR count). The number of fused-ring (bicyclic) bond motifs is 1. The van der Waals surface area contributed by atoms with Crippen LogP contribution in [0.1, 0.15) is 5.56 Å². The SMILES string of the molecule is O=[N+]([O-])c1ccccc1CN1CC2CNCC2C1. The van der Waals surface area contributed by atoms with Gasteiger partial charge in [-0.25, -0.2) is 0 Å². The Morgan fingerprint density at radius 1 is 1.28 bits per heavy atom. The summed E-state index contributed by atoms with van der Waals surface area (Å²) < 4.78 is 0. The van der Waals surface area contributed by atoms with E-state index in [0.29, 0.717) is 6.54 Å². The first kappa shape index (κ1) is 11.6. The van der Waals surface area contributed by atoms with Crippen LogP contribution in [0.5, 0.6) is 0 Å². The second kappa shape index (κ2) is 4.66. The number of benzene rings is 1. The topological polar surface area (TPSA) is 58.4 Å². The molecule has 0 amide bonds. The van der Waals surface area contributed by atoms with Gasteiger partial charge in [-0.05, 0) is 24.9 Å². The second-order valence-corrected chi connectivity index (χ2v) is 5.26. The third kappa shape index (κ3) is 2.11. The Labute approximate surface area is 106 Å². The Balaban J connectivity index is 1.72. The van der Waals surface area contributed by atoms with E-state index >= 15 is 0 Å². The quantitative estimate of drug-likeness (QED) is 0.645. The van der Waals surface area contributed by atoms with Gasteiger partial charge in [-0.3, -0.25) is 15.0 Å². The first-order valence-electron chi connectivity index (χ1n) is 6.39. The number of para-hydroxylation sites is 1. The number of rotatable bonds is 3. The van der Waals surface area contributed by atoms with Gasteiger partial charge < -0.3 is 5.32 Å². The molecule has 0 spiro atoms. The van der Waals surface area contributed by atoms with Gasteiger partial charge in [0.2, 0.25) is 0 Å². The highest BCUT2D eigenvalue weighted by Crippen LogP contribution is 2.29. The maximum absolute atomic E-state index is 11.0. The standard InChI is InChI=1S/C13H17N3O2/c17-16(18)13-4-2-1-3-10(13)7-15-8-11-5-14-6-12(11)9-15/h1-4,11-12,14H,5-9H2. The van der Waals surface area contributed by atoms with Crippen LogP contribution < -0.4 is 5.32 Å². The molecular weight excluding hydrogens is 230 g/mol. The number of nitro benzene ring substituents is 1. The third-order valence-corrected chi connectivity index (χ3v) is 4.05. The largest absolute Gasteiger partial charge is 0.316 e. The minimum atomic E-state index is -0.284. The molecule has 2 saturated heterocycles. The maximum Gasteiger partial charge on any atom is 0.273 e. The van der Waals surface area contributed by atoms with E-state index in [4.69, 9.17) is 0 Å². The number of hydrogen-bond acceptors (Lipinski definition) is 4. The van der Waals surface area contributed by atoms with Crippen LogP contribution >= 0.6 is 0 Å². The van der Waals surface area contributed by atoms with Crippen LogP contribution in [0.25, 0.3) is 0 Å². The maximum atomic E-state index is 11.0. The fourth-order valence-corrected chi connectivity index (χ4v) is 3.15. The first-order chi connectivity index (χ1) is 8.74. The smallest absolute Gasteiger partial charge is 0.273 e. The lowest BCUT2D eigenvalue weighted by Crippen LogP contribution is -2.25. The molecule has 1 N–H and O–H groups in total. The average molecular weight is 247 g/mol. The monoisotopic (exact) mass is 247 g/mol. The normalized spacial score (nSPS) is 27.3. The summed E-state index contributed by atoms with van der Waals surface area (Å²) >= 11 is 0. The predicted molar refractivity (Wildman–Crippen MR) is 68.2 cm³/mol. The van der Waals surface area contributed by atoms with Crippen LogP contribution in [0.2, 0.25) is 0 Å². The lowest BCUT2D eigenvalue weighted by molar-refractivity contribution is -0.385. The summed E-state index contributed by atoms with van der Waals surface area (Å²) in [5, 5.41) is 14.4. The molecule has 1 aromatic rings. The van der Waals surface area contributed by atoms with E-state index in [0.717, 1.165) is 43.6 Å². The Morgan fingerprint density at radius 2 is 1.94 bits per heavy atom. The molecule has 0 aliphatic carbocycles. The van der Waals surface area contributed by atoms with E-state index in [9.17, 15) is 10.1 Å². The summed E-state index contributed by atoms with van der Waals surface area (Å²) in [5.41, 5.74) is 1.07. The van der Waals surface area contributed by atoms with Crippen molar-refractivity contribution in [2.75, 3.05) is 26.2 Å². The van der Waals surface area contributed by atoms with Crippen LogP contribution in [0.3, 0.4) is 0 Å². The van der Waals surface area contributed by atoms with Gasteiger partial charge in [-0.15, -0.1) is 0 Å². The van der Waals surface area contributed by atoms with E-state index in [1.807, 2.05) is 12.1 Å². The van der Waals surface area contributed by atoms with Crippen LogP contribution in [0.4, 0.5) is 5.69 Å². The number of hydrogen-bond donors (Lipinski definition) is 1. The summed E-state index contributed by atoms with van der Waals surface area (Å²) in [4.78, 5) is 13.0. The number of nitrogens with one attached hydrogen (secondary N) is 1. The van der Waals surface area contributed by atoms with Crippen molar-refractivity contribution in [1.29, 1.82) is 0 Å². The molecule has 18 heavy (non-hydrogen) atoms. The van der Waals surface area contributed by atoms with E-state index < -0.39 is 0 Å². The minimum Gasteiger partial charge on any atom is -0.316 e. The van der Waals surface area contributed by atoms with Gasteiger partial charge >= 0.3 is 0 Å². The van der Waals surface area contributed by atoms with Gasteiger partial charge in [0.15, 0.2) is 0 Å². The zero-order chi connectivity index (χ0) is 12.5. The summed E-state index contributed by atoms with van der Waals surface area (Å²) in [7, 11) is 0. The van der Waals surface area contributed by atoms with Crippen molar-refractivity contribution in [3.8, 4) is 0 Å². The first-order valence-corrected chi connectivity index (χ1v) is 6.39. The highest BCUT2D eigenvalue weighted by molar-refractivity contribution is 5.39. The van der Waals surface area contributed by atoms with Crippen LogP contribution in [-0.2, 0) is 6.54 Å². The summed E-state index contributed by atoms with van der Waals surface area (Å²) in [6, 6.07) is 7.06. The summed E-state index contributed by atoms with van der Waals surface area (Å²) in [6.45, 7) is 5.01. The zero-order valence-electron chi connectivity index (χ0n) is 10.2. The molecule has 0 bridgehead atoms. The fourth-order valence-electron chi connectivity index (χ4n) is 3.15. The molecule has 2 unspecified atom stereocenters. The molecule has 1 aromatic carbocycles. The van der Waals surface area contributed by atoms with Crippen molar-refractivity contribution in [2.24, 2.45) is 11.8 Å². The number of likely N-dealkylation sites (tertiary alicyclic amines) is 1. The van der Waals surface area contributed by atoms with Gasteiger partial charge in [0.05, 0.1) is 4.92 Å². The molecule has 2 atom stereocenters. The average Bonchev–Trinajstić information content (AvgIpc) is 2.90. The molecular formula is C13H17N3O2. The molecule has 2 heterocycles. The van der Waals surface area contributed by atoms with Crippen LogP contribution in [-0.4, -0.2) is 36.0 Å².